The molecule has 0 radical (unpaired) electrons. The van der Waals surface area contributed by atoms with Gasteiger partial charge in [0.2, 0.25) is 11.7 Å². The van der Waals surface area contributed by atoms with Gasteiger partial charge in [0.05, 0.1) is 12.2 Å². The van der Waals surface area contributed by atoms with E-state index < -0.39 is 36.0 Å². The molecule has 0 aromatic carbocycles. The third-order valence-electron chi connectivity index (χ3n) is 6.32. The van der Waals surface area contributed by atoms with E-state index in [1.807, 2.05) is 6.07 Å². The van der Waals surface area contributed by atoms with Crippen molar-refractivity contribution in [3.63, 3.8) is 0 Å². The van der Waals surface area contributed by atoms with Gasteiger partial charge in [-0.1, -0.05) is 13.8 Å². The van der Waals surface area contributed by atoms with Crippen LogP contribution >= 0.6 is 0 Å². The number of aryl methyl sites for hydroxylation is 1. The average Bonchev–Trinajstić information content (AvgIpc) is 3.48. The van der Waals surface area contributed by atoms with Gasteiger partial charge >= 0.3 is 6.18 Å². The monoisotopic (exact) mass is 529 g/mol. The first kappa shape index (κ1) is 26.8. The van der Waals surface area contributed by atoms with E-state index in [4.69, 9.17) is 10.2 Å². The molecule has 10 nitrogen and oxygen atoms in total. The molecular weight excluding hydrogens is 503 g/mol. The number of primary amides is 1. The van der Waals surface area contributed by atoms with Crippen LogP contribution in [0.4, 0.5) is 13.2 Å². The molecule has 4 aromatic heterocycles. The molecule has 13 heteroatoms. The van der Waals surface area contributed by atoms with Gasteiger partial charge in [-0.05, 0) is 30.5 Å². The molecular formula is C25H26F3N7O3. The lowest BCUT2D eigenvalue weighted by molar-refractivity contribution is -0.139. The summed E-state index contributed by atoms with van der Waals surface area (Å²) in [7, 11) is 0. The summed E-state index contributed by atoms with van der Waals surface area (Å²) in [6, 6.07) is 3.41. The molecule has 0 saturated heterocycles. The molecule has 0 aliphatic rings. The highest BCUT2D eigenvalue weighted by Crippen LogP contribution is 2.35. The third kappa shape index (κ3) is 5.23. The van der Waals surface area contributed by atoms with Gasteiger partial charge < -0.3 is 20.5 Å². The molecule has 4 aromatic rings. The summed E-state index contributed by atoms with van der Waals surface area (Å²) in [5.41, 5.74) is 6.94. The molecule has 38 heavy (non-hydrogen) atoms. The van der Waals surface area contributed by atoms with E-state index in [1.165, 1.54) is 18.8 Å². The van der Waals surface area contributed by atoms with Crippen LogP contribution < -0.4 is 16.4 Å². The van der Waals surface area contributed by atoms with Crippen LogP contribution in [0.25, 0.3) is 22.2 Å². The van der Waals surface area contributed by atoms with Gasteiger partial charge in [-0.2, -0.15) is 13.2 Å². The number of amides is 2. The van der Waals surface area contributed by atoms with E-state index in [2.05, 4.69) is 30.6 Å². The number of nitrogens with one attached hydrogen (secondary N) is 3. The minimum atomic E-state index is -4.55. The maximum atomic E-state index is 13.1. The number of H-pyrrole nitrogens is 1. The zero-order valence-corrected chi connectivity index (χ0v) is 20.8. The van der Waals surface area contributed by atoms with Crippen molar-refractivity contribution in [1.29, 1.82) is 0 Å². The molecule has 5 N–H and O–H groups in total. The Hall–Kier alpha value is -4.26. The summed E-state index contributed by atoms with van der Waals surface area (Å²) >= 11 is 0. The molecule has 1 atom stereocenters. The Balaban J connectivity index is 1.67. The highest BCUT2D eigenvalue weighted by molar-refractivity contribution is 5.95. The second-order valence-corrected chi connectivity index (χ2v) is 9.15. The van der Waals surface area contributed by atoms with Crippen molar-refractivity contribution in [2.24, 2.45) is 11.7 Å². The van der Waals surface area contributed by atoms with Gasteiger partial charge in [0.1, 0.15) is 11.2 Å². The fraction of sp³-hybridized carbons (Fsp3) is 0.320. The van der Waals surface area contributed by atoms with Crippen LogP contribution in [0, 0.1) is 12.8 Å². The molecule has 0 aliphatic carbocycles. The number of aromatic amines is 1. The molecule has 0 unspecified atom stereocenters. The number of halogens is 3. The number of carbonyl (C=O) groups excluding carboxylic acids is 2. The summed E-state index contributed by atoms with van der Waals surface area (Å²) in [6.07, 6.45) is 2.78. The number of rotatable bonds is 9. The summed E-state index contributed by atoms with van der Waals surface area (Å²) in [4.78, 5) is 40.5. The van der Waals surface area contributed by atoms with Crippen molar-refractivity contribution in [3.8, 4) is 11.1 Å². The lowest BCUT2D eigenvalue weighted by Crippen LogP contribution is -2.58. The number of nitrogens with two attached hydrogens (primary N) is 1. The lowest BCUT2D eigenvalue weighted by atomic mass is 9.79. The number of fused-ring (bicyclic) bond motifs is 1. The van der Waals surface area contributed by atoms with E-state index in [9.17, 15) is 22.8 Å². The SMILES string of the molecule is Cc1ncoc1C(=O)NCc1cnc2[nH]cc(-c3cncc([C@@](NCC(F)(F)F)(C(N)=O)C(C)C)c3)c2c1. The van der Waals surface area contributed by atoms with Gasteiger partial charge in [0, 0.05) is 53.4 Å². The fourth-order valence-electron chi connectivity index (χ4n) is 4.36. The van der Waals surface area contributed by atoms with Crippen LogP contribution in [-0.2, 0) is 16.9 Å². The third-order valence-corrected chi connectivity index (χ3v) is 6.32. The van der Waals surface area contributed by atoms with E-state index in [0.717, 1.165) is 0 Å². The van der Waals surface area contributed by atoms with Crippen molar-refractivity contribution in [2.45, 2.75) is 39.0 Å². The van der Waals surface area contributed by atoms with Crippen LogP contribution in [0.3, 0.4) is 0 Å². The molecule has 0 saturated carbocycles. The Labute approximate surface area is 215 Å². The van der Waals surface area contributed by atoms with Crippen molar-refractivity contribution in [3.05, 3.63) is 65.9 Å². The lowest BCUT2D eigenvalue weighted by Gasteiger charge is -2.36. The number of aromatic nitrogens is 4. The van der Waals surface area contributed by atoms with E-state index >= 15 is 0 Å². The van der Waals surface area contributed by atoms with Crippen LogP contribution in [0.1, 0.15) is 41.2 Å². The molecule has 0 bridgehead atoms. The largest absolute Gasteiger partial charge is 0.438 e. The van der Waals surface area contributed by atoms with Crippen LogP contribution in [-0.4, -0.2) is 44.5 Å². The Morgan fingerprint density at radius 3 is 2.55 bits per heavy atom. The first-order valence-electron chi connectivity index (χ1n) is 11.6. The Kier molecular flexibility index (Phi) is 7.22. The maximum absolute atomic E-state index is 13.1. The van der Waals surface area contributed by atoms with Crippen molar-refractivity contribution in [2.75, 3.05) is 6.54 Å². The van der Waals surface area contributed by atoms with Gasteiger partial charge in [-0.15, -0.1) is 0 Å². The number of pyridine rings is 2. The standard InChI is InChI=1S/C25H26F3N7O3/c1-13(2)25(23(29)37,35-11-24(26,27)28)17-5-16(8-30-9-17)19-10-32-21-18(19)4-15(6-31-21)7-33-22(36)20-14(3)34-12-38-20/h4-6,8-10,12-13,35H,7,11H2,1-3H3,(H2,29,37)(H,31,32)(H,33,36)/t25-/m1/s1. The van der Waals surface area contributed by atoms with E-state index in [1.54, 1.807) is 39.2 Å². The van der Waals surface area contributed by atoms with Crippen molar-refractivity contribution >= 4 is 22.8 Å². The topological polar surface area (TPSA) is 152 Å². The molecule has 4 rings (SSSR count). The van der Waals surface area contributed by atoms with E-state index in [-0.39, 0.29) is 17.9 Å². The second-order valence-electron chi connectivity index (χ2n) is 9.15. The smallest absolute Gasteiger partial charge is 0.401 e. The summed E-state index contributed by atoms with van der Waals surface area (Å²) < 4.78 is 44.3. The summed E-state index contributed by atoms with van der Waals surface area (Å²) in [6.45, 7) is 3.63. The highest BCUT2D eigenvalue weighted by Gasteiger charge is 2.44. The van der Waals surface area contributed by atoms with Crippen molar-refractivity contribution < 1.29 is 27.2 Å². The Bertz CT molecular complexity index is 1480. The molecule has 200 valence electrons. The number of carbonyl (C=O) groups is 2. The molecule has 0 spiro atoms. The number of hydrogen-bond donors (Lipinski definition) is 4. The zero-order valence-electron chi connectivity index (χ0n) is 20.8. The van der Waals surface area contributed by atoms with Gasteiger partial charge in [0.15, 0.2) is 6.39 Å². The summed E-state index contributed by atoms with van der Waals surface area (Å²) in [5, 5.41) is 5.77. The molecule has 0 aliphatic heterocycles. The Morgan fingerprint density at radius 2 is 1.92 bits per heavy atom. The minimum absolute atomic E-state index is 0.117. The number of nitrogens with zero attached hydrogens (tertiary/aromatic N) is 3. The normalized spacial score (nSPS) is 13.6. The predicted molar refractivity (Wildman–Crippen MR) is 132 cm³/mol. The molecule has 0 fully saturated rings. The minimum Gasteiger partial charge on any atom is -0.438 e. The fourth-order valence-corrected chi connectivity index (χ4v) is 4.36. The Morgan fingerprint density at radius 1 is 1.16 bits per heavy atom. The first-order valence-corrected chi connectivity index (χ1v) is 11.6. The highest BCUT2D eigenvalue weighted by atomic mass is 19.4. The van der Waals surface area contributed by atoms with Crippen LogP contribution in [0.15, 0.2) is 47.7 Å². The van der Waals surface area contributed by atoms with Crippen LogP contribution in [0.2, 0.25) is 0 Å². The summed E-state index contributed by atoms with van der Waals surface area (Å²) in [5.74, 6) is -1.87. The van der Waals surface area contributed by atoms with Crippen molar-refractivity contribution in [1.82, 2.24) is 30.6 Å². The quantitative estimate of drug-likeness (QED) is 0.260. The van der Waals surface area contributed by atoms with Gasteiger partial charge in [-0.3, -0.25) is 19.9 Å². The zero-order chi connectivity index (χ0) is 27.7. The van der Waals surface area contributed by atoms with E-state index in [0.29, 0.717) is 33.4 Å². The first-order chi connectivity index (χ1) is 17.9. The number of alkyl halides is 3. The van der Waals surface area contributed by atoms with Gasteiger partial charge in [-0.25, -0.2) is 9.97 Å². The number of hydrogen-bond acceptors (Lipinski definition) is 7. The van der Waals surface area contributed by atoms with Gasteiger partial charge in [0.25, 0.3) is 5.91 Å². The van der Waals surface area contributed by atoms with Crippen LogP contribution in [0.5, 0.6) is 0 Å². The average molecular weight is 530 g/mol. The number of oxazole rings is 1. The molecule has 4 heterocycles. The predicted octanol–water partition coefficient (Wildman–Crippen LogP) is 3.34. The molecule has 2 amide bonds. The second kappa shape index (κ2) is 10.2. The maximum Gasteiger partial charge on any atom is 0.401 e.